The predicted octanol–water partition coefficient (Wildman–Crippen LogP) is 3.51. The molecular weight excluding hydrogens is 386 g/mol. The molecular formula is C21H33N3O4Si. The summed E-state index contributed by atoms with van der Waals surface area (Å²) in [5.41, 5.74) is 6.46. The molecule has 0 saturated carbocycles. The number of ether oxygens (including phenoxy) is 1. The lowest BCUT2D eigenvalue weighted by atomic mass is 10.0. The highest BCUT2D eigenvalue weighted by Gasteiger charge is 2.44. The van der Waals surface area contributed by atoms with E-state index >= 15 is 0 Å². The van der Waals surface area contributed by atoms with Crippen molar-refractivity contribution < 1.29 is 18.8 Å². The lowest BCUT2D eigenvalue weighted by molar-refractivity contribution is 0.0992. The lowest BCUT2D eigenvalue weighted by Crippen LogP contribution is -2.44. The fraction of sp³-hybridized carbons (Fsp3) is 0.571. The smallest absolute Gasteiger partial charge is 0.410 e. The van der Waals surface area contributed by atoms with E-state index in [-0.39, 0.29) is 35.6 Å². The molecule has 29 heavy (non-hydrogen) atoms. The molecule has 1 fully saturated rings. The van der Waals surface area contributed by atoms with Crippen molar-refractivity contribution >= 4 is 20.3 Å². The summed E-state index contributed by atoms with van der Waals surface area (Å²) < 4.78 is 11.8. The molecule has 2 rings (SSSR count). The average Bonchev–Trinajstić information content (AvgIpc) is 3.00. The Balaban J connectivity index is 2.19. The number of amides is 2. The van der Waals surface area contributed by atoms with Crippen molar-refractivity contribution in [2.75, 3.05) is 13.2 Å². The molecule has 2 N–H and O–H groups in total. The third-order valence-electron chi connectivity index (χ3n) is 5.75. The Morgan fingerprint density at radius 1 is 1.41 bits per heavy atom. The van der Waals surface area contributed by atoms with Crippen molar-refractivity contribution in [3.05, 3.63) is 42.2 Å². The number of nitrogens with two attached hydrogens (primary N) is 1. The van der Waals surface area contributed by atoms with Crippen LogP contribution >= 0.6 is 0 Å². The fourth-order valence-corrected chi connectivity index (χ4v) is 4.55. The van der Waals surface area contributed by atoms with Crippen LogP contribution in [0, 0.1) is 0 Å². The number of carbonyl (C=O) groups excluding carboxylic acids is 2. The van der Waals surface area contributed by atoms with Crippen LogP contribution in [0.1, 0.15) is 43.2 Å². The van der Waals surface area contributed by atoms with E-state index in [1.165, 1.54) is 0 Å². The molecule has 0 bridgehead atoms. The highest BCUT2D eigenvalue weighted by Crippen LogP contribution is 2.39. The van der Waals surface area contributed by atoms with Crippen molar-refractivity contribution in [3.63, 3.8) is 0 Å². The SMILES string of the molecule is C=CCOC(=O)N1C[C@H](O[Si](C)(C)C(C)(C)C)C[C@H]1Cc1ccnc(C(N)=O)c1. The highest BCUT2D eigenvalue weighted by molar-refractivity contribution is 6.74. The Bertz CT molecular complexity index is 761. The van der Waals surface area contributed by atoms with Crippen molar-refractivity contribution in [3.8, 4) is 0 Å². The van der Waals surface area contributed by atoms with Gasteiger partial charge in [-0.05, 0) is 48.7 Å². The number of pyridine rings is 1. The van der Waals surface area contributed by atoms with E-state index in [2.05, 4.69) is 45.4 Å². The van der Waals surface area contributed by atoms with Gasteiger partial charge < -0.3 is 19.8 Å². The molecule has 0 spiro atoms. The summed E-state index contributed by atoms with van der Waals surface area (Å²) in [7, 11) is -1.97. The number of rotatable bonds is 7. The average molecular weight is 420 g/mol. The van der Waals surface area contributed by atoms with Gasteiger partial charge in [-0.25, -0.2) is 4.79 Å². The van der Waals surface area contributed by atoms with Crippen LogP contribution in [0.3, 0.4) is 0 Å². The standard InChI is InChI=1S/C21H33N3O4Si/c1-7-10-27-20(26)24-14-17(28-29(5,6)21(2,3)4)13-16(24)11-15-8-9-23-18(12-15)19(22)25/h7-9,12,16-17H,1,10-11,13-14H2,2-6H3,(H2,22,25)/t16-,17-/m1/s1. The molecule has 0 aliphatic carbocycles. The molecule has 0 aromatic carbocycles. The molecule has 7 nitrogen and oxygen atoms in total. The molecule has 0 radical (unpaired) electrons. The molecule has 8 heteroatoms. The second-order valence-electron chi connectivity index (χ2n) is 9.03. The maximum atomic E-state index is 12.6. The third-order valence-corrected chi connectivity index (χ3v) is 10.3. The molecule has 1 aromatic heterocycles. The number of hydrogen-bond donors (Lipinski definition) is 1. The molecule has 2 amide bonds. The molecule has 1 aliphatic heterocycles. The van der Waals surface area contributed by atoms with Gasteiger partial charge >= 0.3 is 6.09 Å². The largest absolute Gasteiger partial charge is 0.445 e. The van der Waals surface area contributed by atoms with Crippen LogP contribution in [0.15, 0.2) is 31.0 Å². The summed E-state index contributed by atoms with van der Waals surface area (Å²) in [5.74, 6) is -0.570. The van der Waals surface area contributed by atoms with Crippen LogP contribution in [-0.2, 0) is 15.6 Å². The van der Waals surface area contributed by atoms with Crippen LogP contribution in [0.5, 0.6) is 0 Å². The Labute approximate surface area is 174 Å². The Morgan fingerprint density at radius 3 is 2.69 bits per heavy atom. The first-order valence-corrected chi connectivity index (χ1v) is 12.8. The number of carbonyl (C=O) groups is 2. The maximum absolute atomic E-state index is 12.6. The second-order valence-corrected chi connectivity index (χ2v) is 13.8. The zero-order chi connectivity index (χ0) is 21.8. The van der Waals surface area contributed by atoms with Crippen LogP contribution in [0.2, 0.25) is 18.1 Å². The van der Waals surface area contributed by atoms with Gasteiger partial charge in [0.05, 0.1) is 6.10 Å². The van der Waals surface area contributed by atoms with Gasteiger partial charge in [-0.3, -0.25) is 9.78 Å². The van der Waals surface area contributed by atoms with E-state index in [4.69, 9.17) is 14.9 Å². The van der Waals surface area contributed by atoms with E-state index < -0.39 is 14.2 Å². The first-order chi connectivity index (χ1) is 13.4. The van der Waals surface area contributed by atoms with E-state index in [1.807, 2.05) is 6.07 Å². The lowest BCUT2D eigenvalue weighted by Gasteiger charge is -2.38. The summed E-state index contributed by atoms with van der Waals surface area (Å²) in [6.45, 7) is 15.3. The molecule has 1 aromatic rings. The van der Waals surface area contributed by atoms with E-state index in [0.717, 1.165) is 5.56 Å². The molecule has 160 valence electrons. The number of aromatic nitrogens is 1. The van der Waals surface area contributed by atoms with Crippen molar-refractivity contribution in [1.82, 2.24) is 9.88 Å². The van der Waals surface area contributed by atoms with Crippen LogP contribution in [-0.4, -0.2) is 55.5 Å². The topological polar surface area (TPSA) is 94.8 Å². The monoisotopic (exact) mass is 419 g/mol. The fourth-order valence-electron chi connectivity index (χ4n) is 3.19. The Morgan fingerprint density at radius 2 is 2.10 bits per heavy atom. The Hall–Kier alpha value is -2.19. The van der Waals surface area contributed by atoms with Gasteiger partial charge in [0.25, 0.3) is 5.91 Å². The minimum atomic E-state index is -1.97. The van der Waals surface area contributed by atoms with Gasteiger partial charge in [-0.2, -0.15) is 0 Å². The first kappa shape index (κ1) is 23.1. The number of nitrogens with zero attached hydrogens (tertiary/aromatic N) is 2. The van der Waals surface area contributed by atoms with E-state index in [0.29, 0.717) is 19.4 Å². The van der Waals surface area contributed by atoms with Crippen molar-refractivity contribution in [1.29, 1.82) is 0 Å². The zero-order valence-electron chi connectivity index (χ0n) is 18.1. The Kier molecular flexibility index (Phi) is 7.23. The third kappa shape index (κ3) is 5.90. The molecule has 2 heterocycles. The maximum Gasteiger partial charge on any atom is 0.410 e. The predicted molar refractivity (Wildman–Crippen MR) is 115 cm³/mol. The highest BCUT2D eigenvalue weighted by atomic mass is 28.4. The van der Waals surface area contributed by atoms with E-state index in [9.17, 15) is 9.59 Å². The minimum absolute atomic E-state index is 0.0466. The van der Waals surface area contributed by atoms with Crippen LogP contribution in [0.25, 0.3) is 0 Å². The minimum Gasteiger partial charge on any atom is -0.445 e. The van der Waals surface area contributed by atoms with Gasteiger partial charge in [-0.1, -0.05) is 33.4 Å². The van der Waals surface area contributed by atoms with Gasteiger partial charge in [0.15, 0.2) is 8.32 Å². The summed E-state index contributed by atoms with van der Waals surface area (Å²) in [6, 6.07) is 3.42. The normalized spacial score (nSPS) is 19.8. The molecule has 2 atom stereocenters. The van der Waals surface area contributed by atoms with Gasteiger partial charge in [0.1, 0.15) is 12.3 Å². The zero-order valence-corrected chi connectivity index (χ0v) is 19.1. The van der Waals surface area contributed by atoms with Gasteiger partial charge in [0.2, 0.25) is 0 Å². The molecule has 1 saturated heterocycles. The molecule has 1 aliphatic rings. The quantitative estimate of drug-likeness (QED) is 0.539. The summed E-state index contributed by atoms with van der Waals surface area (Å²) in [4.78, 5) is 29.8. The first-order valence-electron chi connectivity index (χ1n) is 9.91. The summed E-state index contributed by atoms with van der Waals surface area (Å²) in [5, 5.41) is 0.0841. The van der Waals surface area contributed by atoms with Crippen LogP contribution < -0.4 is 5.73 Å². The number of primary amides is 1. The number of hydrogen-bond acceptors (Lipinski definition) is 5. The van der Waals surface area contributed by atoms with Gasteiger partial charge in [0, 0.05) is 18.8 Å². The van der Waals surface area contributed by atoms with Crippen molar-refractivity contribution in [2.45, 2.75) is 63.9 Å². The van der Waals surface area contributed by atoms with E-state index in [1.54, 1.807) is 23.2 Å². The summed E-state index contributed by atoms with van der Waals surface area (Å²) in [6.07, 6.45) is 3.98. The second kappa shape index (κ2) is 9.09. The van der Waals surface area contributed by atoms with Crippen molar-refractivity contribution in [2.24, 2.45) is 5.73 Å². The summed E-state index contributed by atoms with van der Waals surface area (Å²) >= 11 is 0. The molecule has 0 unspecified atom stereocenters. The number of likely N-dealkylation sites (tertiary alicyclic amines) is 1. The van der Waals surface area contributed by atoms with Crippen LogP contribution in [0.4, 0.5) is 4.79 Å². The van der Waals surface area contributed by atoms with Gasteiger partial charge in [-0.15, -0.1) is 0 Å².